The molecule has 0 saturated heterocycles. The second kappa shape index (κ2) is 12.5. The van der Waals surface area contributed by atoms with E-state index in [1.54, 1.807) is 0 Å². The number of carbonyl (C=O) groups is 1. The van der Waals surface area contributed by atoms with Crippen LogP contribution in [0.5, 0.6) is 11.5 Å². The van der Waals surface area contributed by atoms with Gasteiger partial charge in [0.25, 0.3) is 30.4 Å². The molecule has 0 aliphatic heterocycles. The summed E-state index contributed by atoms with van der Waals surface area (Å²) in [6.45, 7) is -0.432. The van der Waals surface area contributed by atoms with Crippen LogP contribution in [0.25, 0.3) is 0 Å². The van der Waals surface area contributed by atoms with E-state index in [9.17, 15) is 35.2 Å². The van der Waals surface area contributed by atoms with Gasteiger partial charge in [-0.05, 0) is 49.8 Å². The maximum atomic E-state index is 11.5. The van der Waals surface area contributed by atoms with E-state index in [0.717, 1.165) is 6.07 Å². The maximum absolute atomic E-state index is 11.5. The average Bonchev–Trinajstić information content (AvgIpc) is 2.64. The minimum absolute atomic E-state index is 0.0362. The highest BCUT2D eigenvalue weighted by Gasteiger charge is 2.18. The summed E-state index contributed by atoms with van der Waals surface area (Å²) in [5.74, 6) is -3.05. The number of hydrogen-bond donors (Lipinski definition) is 4. The standard InChI is InChI=1S/C17H26O13S3/c18-17(19)14-11-13(5-1-2-8-31(20,21)22)16(30-7-4-10-33(26,27)28)15(12-14)29-6-3-9-32(23,24)25/h11-12H,1-10H2,(H,18,19)(H,20,21,22)(H,23,24,25)(H,26,27,28). The zero-order valence-corrected chi connectivity index (χ0v) is 19.9. The molecule has 13 nitrogen and oxygen atoms in total. The predicted octanol–water partition coefficient (Wildman–Crippen LogP) is 0.909. The first-order valence-corrected chi connectivity index (χ1v) is 14.4. The van der Waals surface area contributed by atoms with Gasteiger partial charge in [-0.25, -0.2) is 4.79 Å². The summed E-state index contributed by atoms with van der Waals surface area (Å²) in [6, 6.07) is 2.38. The average molecular weight is 535 g/mol. The number of aryl methyl sites for hydroxylation is 1. The van der Waals surface area contributed by atoms with Crippen molar-refractivity contribution in [2.75, 3.05) is 30.5 Å². The zero-order valence-electron chi connectivity index (χ0n) is 17.4. The third kappa shape index (κ3) is 13.3. The van der Waals surface area contributed by atoms with Gasteiger partial charge in [0, 0.05) is 0 Å². The summed E-state index contributed by atoms with van der Waals surface area (Å²) in [4.78, 5) is 11.5. The normalized spacial score (nSPS) is 12.5. The number of hydrogen-bond acceptors (Lipinski definition) is 9. The number of carboxylic acids is 1. The molecule has 33 heavy (non-hydrogen) atoms. The molecule has 1 rings (SSSR count). The maximum Gasteiger partial charge on any atom is 0.335 e. The van der Waals surface area contributed by atoms with Crippen LogP contribution in [0, 0.1) is 0 Å². The Balaban J connectivity index is 3.12. The third-order valence-corrected chi connectivity index (χ3v) is 6.49. The number of ether oxygens (including phenoxy) is 2. The van der Waals surface area contributed by atoms with Crippen LogP contribution in [0.3, 0.4) is 0 Å². The Hall–Kier alpha value is -1.98. The predicted molar refractivity (Wildman–Crippen MR) is 116 cm³/mol. The highest BCUT2D eigenvalue weighted by atomic mass is 32.2. The van der Waals surface area contributed by atoms with Crippen molar-refractivity contribution in [3.63, 3.8) is 0 Å². The first-order chi connectivity index (χ1) is 15.1. The summed E-state index contributed by atoms with van der Waals surface area (Å²) in [7, 11) is -12.6. The van der Waals surface area contributed by atoms with Gasteiger partial charge in [0.05, 0.1) is 36.0 Å². The van der Waals surface area contributed by atoms with Gasteiger partial charge >= 0.3 is 5.97 Å². The van der Waals surface area contributed by atoms with Gasteiger partial charge in [0.15, 0.2) is 11.5 Å². The highest BCUT2D eigenvalue weighted by Crippen LogP contribution is 2.35. The molecule has 16 heteroatoms. The van der Waals surface area contributed by atoms with Crippen molar-refractivity contribution in [3.8, 4) is 11.5 Å². The van der Waals surface area contributed by atoms with E-state index >= 15 is 0 Å². The van der Waals surface area contributed by atoms with Crippen molar-refractivity contribution in [2.45, 2.75) is 32.1 Å². The van der Waals surface area contributed by atoms with Crippen LogP contribution in [-0.4, -0.2) is 80.5 Å². The fourth-order valence-electron chi connectivity index (χ4n) is 2.68. The van der Waals surface area contributed by atoms with E-state index in [0.29, 0.717) is 5.56 Å². The van der Waals surface area contributed by atoms with Crippen LogP contribution in [0.15, 0.2) is 12.1 Å². The van der Waals surface area contributed by atoms with E-state index in [2.05, 4.69) is 0 Å². The molecule has 1 aromatic rings. The molecule has 0 aliphatic carbocycles. The van der Waals surface area contributed by atoms with Crippen molar-refractivity contribution < 1.29 is 58.3 Å². The number of carboxylic acid groups (broad SMARTS) is 1. The van der Waals surface area contributed by atoms with E-state index in [-0.39, 0.29) is 62.4 Å². The molecule has 0 heterocycles. The van der Waals surface area contributed by atoms with Crippen LogP contribution in [-0.2, 0) is 36.8 Å². The lowest BCUT2D eigenvalue weighted by Crippen LogP contribution is -2.12. The van der Waals surface area contributed by atoms with Crippen LogP contribution in [0.4, 0.5) is 0 Å². The third-order valence-electron chi connectivity index (χ3n) is 4.07. The van der Waals surface area contributed by atoms with Crippen LogP contribution in [0.1, 0.15) is 41.6 Å². The van der Waals surface area contributed by atoms with Gasteiger partial charge in [-0.1, -0.05) is 0 Å². The Morgan fingerprint density at radius 2 is 1.21 bits per heavy atom. The topological polar surface area (TPSA) is 219 Å². The minimum atomic E-state index is -4.23. The number of unbranched alkanes of at least 4 members (excludes halogenated alkanes) is 1. The Labute approximate surface area is 192 Å². The van der Waals surface area contributed by atoms with Crippen molar-refractivity contribution in [1.29, 1.82) is 0 Å². The smallest absolute Gasteiger partial charge is 0.335 e. The van der Waals surface area contributed by atoms with E-state index < -0.39 is 53.6 Å². The molecular weight excluding hydrogens is 508 g/mol. The number of rotatable bonds is 16. The summed E-state index contributed by atoms with van der Waals surface area (Å²) < 4.78 is 103. The minimum Gasteiger partial charge on any atom is -0.490 e. The van der Waals surface area contributed by atoms with E-state index in [1.807, 2.05) is 0 Å². The number of aromatic carboxylic acids is 1. The van der Waals surface area contributed by atoms with Crippen LogP contribution in [0.2, 0.25) is 0 Å². The molecular formula is C17H26O13S3. The molecule has 0 bridgehead atoms. The second-order valence-electron chi connectivity index (χ2n) is 6.99. The van der Waals surface area contributed by atoms with Crippen molar-refractivity contribution in [3.05, 3.63) is 23.3 Å². The van der Waals surface area contributed by atoms with Gasteiger partial charge < -0.3 is 14.6 Å². The quantitative estimate of drug-likeness (QED) is 0.171. The number of benzene rings is 1. The summed E-state index contributed by atoms with van der Waals surface area (Å²) in [5.41, 5.74) is 0.0942. The van der Waals surface area contributed by atoms with Crippen molar-refractivity contribution in [2.24, 2.45) is 0 Å². The molecule has 0 amide bonds. The van der Waals surface area contributed by atoms with E-state index in [4.69, 9.17) is 23.1 Å². The van der Waals surface area contributed by atoms with Gasteiger partial charge in [-0.2, -0.15) is 25.3 Å². The molecule has 190 valence electrons. The van der Waals surface area contributed by atoms with Gasteiger partial charge in [-0.15, -0.1) is 0 Å². The van der Waals surface area contributed by atoms with E-state index in [1.165, 1.54) is 6.07 Å². The Kier molecular flexibility index (Phi) is 11.0. The molecule has 0 spiro atoms. The summed E-state index contributed by atoms with van der Waals surface area (Å²) in [6.07, 6.45) is 0.160. The molecule has 0 aliphatic rings. The highest BCUT2D eigenvalue weighted by molar-refractivity contribution is 7.86. The fraction of sp³-hybridized carbons (Fsp3) is 0.588. The molecule has 0 saturated carbocycles. The summed E-state index contributed by atoms with van der Waals surface area (Å²) in [5, 5.41) is 9.37. The first-order valence-electron chi connectivity index (χ1n) is 9.59. The van der Waals surface area contributed by atoms with Crippen molar-refractivity contribution in [1.82, 2.24) is 0 Å². The SMILES string of the molecule is O=C(O)c1cc(CCCCS(=O)(=O)O)c(OCCCS(=O)(=O)O)c(OCCCS(=O)(=O)O)c1. The van der Waals surface area contributed by atoms with Gasteiger partial charge in [0.2, 0.25) is 0 Å². The Morgan fingerprint density at radius 3 is 1.70 bits per heavy atom. The molecule has 0 aromatic heterocycles. The molecule has 4 N–H and O–H groups in total. The molecule has 0 radical (unpaired) electrons. The zero-order chi connectivity index (χ0) is 25.3. The monoisotopic (exact) mass is 534 g/mol. The van der Waals surface area contributed by atoms with Crippen molar-refractivity contribution >= 4 is 36.3 Å². The van der Waals surface area contributed by atoms with Crippen LogP contribution < -0.4 is 9.47 Å². The van der Waals surface area contributed by atoms with Crippen LogP contribution >= 0.6 is 0 Å². The Bertz CT molecular complexity index is 1060. The molecule has 0 unspecified atom stereocenters. The molecule has 0 fully saturated rings. The largest absolute Gasteiger partial charge is 0.490 e. The fourth-order valence-corrected chi connectivity index (χ4v) is 4.21. The van der Waals surface area contributed by atoms with Gasteiger partial charge in [0.1, 0.15) is 0 Å². The van der Waals surface area contributed by atoms with Gasteiger partial charge in [-0.3, -0.25) is 13.7 Å². The summed E-state index contributed by atoms with van der Waals surface area (Å²) >= 11 is 0. The molecule has 0 atom stereocenters. The lowest BCUT2D eigenvalue weighted by molar-refractivity contribution is 0.0696. The Morgan fingerprint density at radius 1 is 0.727 bits per heavy atom. The lowest BCUT2D eigenvalue weighted by Gasteiger charge is -2.18. The second-order valence-corrected chi connectivity index (χ2v) is 11.7. The first kappa shape index (κ1) is 29.1. The molecule has 1 aromatic carbocycles. The lowest BCUT2D eigenvalue weighted by atomic mass is 10.0.